The van der Waals surface area contributed by atoms with Crippen LogP contribution in [0.1, 0.15) is 33.6 Å². The van der Waals surface area contributed by atoms with Crippen LogP contribution in [0.15, 0.2) is 0 Å². The van der Waals surface area contributed by atoms with Gasteiger partial charge in [0.15, 0.2) is 0 Å². The zero-order valence-electron chi connectivity index (χ0n) is 10.9. The number of carbonyl (C=O) groups is 1. The average molecular weight is 239 g/mol. The van der Waals surface area contributed by atoms with Gasteiger partial charge in [-0.3, -0.25) is 0 Å². The summed E-state index contributed by atoms with van der Waals surface area (Å²) in [5, 5.41) is 0. The Morgan fingerprint density at radius 2 is 2.24 bits per heavy atom. The average Bonchev–Trinajstić information content (AvgIpc) is 2.24. The number of hydrogen-bond acceptors (Lipinski definition) is 3. The highest BCUT2D eigenvalue weighted by molar-refractivity contribution is 5.68. The molecule has 0 saturated carbocycles. The Kier molecular flexibility index (Phi) is 4.83. The summed E-state index contributed by atoms with van der Waals surface area (Å²) in [7, 11) is 0. The van der Waals surface area contributed by atoms with Crippen LogP contribution in [0.3, 0.4) is 0 Å². The lowest BCUT2D eigenvalue weighted by Crippen LogP contribution is -2.45. The fourth-order valence-corrected chi connectivity index (χ4v) is 1.73. The topological polar surface area (TPSA) is 38.8 Å². The molecule has 1 amide bonds. The minimum atomic E-state index is -0.455. The van der Waals surface area contributed by atoms with E-state index in [-0.39, 0.29) is 12.2 Å². The van der Waals surface area contributed by atoms with E-state index >= 15 is 0 Å². The van der Waals surface area contributed by atoms with Gasteiger partial charge >= 0.3 is 6.09 Å². The Labute approximate surface area is 103 Å². The van der Waals surface area contributed by atoms with Crippen LogP contribution in [0.4, 0.5) is 4.79 Å². The molecule has 0 radical (unpaired) electrons. The first kappa shape index (κ1) is 13.9. The first-order chi connectivity index (χ1) is 7.92. The van der Waals surface area contributed by atoms with Gasteiger partial charge in [-0.25, -0.2) is 4.79 Å². The molecule has 0 N–H and O–H groups in total. The fourth-order valence-electron chi connectivity index (χ4n) is 1.73. The van der Waals surface area contributed by atoms with Crippen LogP contribution in [-0.4, -0.2) is 42.4 Å². The molecule has 0 aliphatic carbocycles. The van der Waals surface area contributed by atoms with Crippen molar-refractivity contribution < 1.29 is 14.3 Å². The summed E-state index contributed by atoms with van der Waals surface area (Å²) >= 11 is 0. The SMILES string of the molecule is C#CCO[C@H]1CCCN(C(=O)OC(C)(C)C)C1. The number of carbonyl (C=O) groups excluding carboxylic acids is 1. The summed E-state index contributed by atoms with van der Waals surface area (Å²) in [6.07, 6.45) is 6.78. The van der Waals surface area contributed by atoms with Crippen molar-refractivity contribution in [3.63, 3.8) is 0 Å². The summed E-state index contributed by atoms with van der Waals surface area (Å²) < 4.78 is 10.8. The van der Waals surface area contributed by atoms with E-state index in [9.17, 15) is 4.79 Å². The maximum atomic E-state index is 11.8. The first-order valence-corrected chi connectivity index (χ1v) is 5.95. The highest BCUT2D eigenvalue weighted by atomic mass is 16.6. The number of piperidine rings is 1. The minimum Gasteiger partial charge on any atom is -0.444 e. The molecule has 1 rings (SSSR count). The van der Waals surface area contributed by atoms with Crippen LogP contribution >= 0.6 is 0 Å². The van der Waals surface area contributed by atoms with Crippen LogP contribution in [-0.2, 0) is 9.47 Å². The van der Waals surface area contributed by atoms with E-state index in [1.54, 1.807) is 4.90 Å². The zero-order valence-corrected chi connectivity index (χ0v) is 10.9. The molecular weight excluding hydrogens is 218 g/mol. The molecule has 4 nitrogen and oxygen atoms in total. The number of terminal acetylenes is 1. The lowest BCUT2D eigenvalue weighted by Gasteiger charge is -2.33. The van der Waals surface area contributed by atoms with Crippen LogP contribution in [0.5, 0.6) is 0 Å². The largest absolute Gasteiger partial charge is 0.444 e. The maximum absolute atomic E-state index is 11.8. The normalized spacial score (nSPS) is 20.8. The smallest absolute Gasteiger partial charge is 0.410 e. The highest BCUT2D eigenvalue weighted by Crippen LogP contribution is 2.16. The number of likely N-dealkylation sites (tertiary alicyclic amines) is 1. The Morgan fingerprint density at radius 3 is 2.82 bits per heavy atom. The number of rotatable bonds is 2. The summed E-state index contributed by atoms with van der Waals surface area (Å²) in [6.45, 7) is 7.18. The van der Waals surface area contributed by atoms with E-state index in [0.29, 0.717) is 13.2 Å². The summed E-state index contributed by atoms with van der Waals surface area (Å²) in [6, 6.07) is 0. The number of ether oxygens (including phenoxy) is 2. The van der Waals surface area contributed by atoms with Gasteiger partial charge in [0.2, 0.25) is 0 Å². The van der Waals surface area contributed by atoms with Gasteiger partial charge in [0.05, 0.1) is 12.6 Å². The molecule has 0 spiro atoms. The second-order valence-corrected chi connectivity index (χ2v) is 5.21. The van der Waals surface area contributed by atoms with Crippen LogP contribution < -0.4 is 0 Å². The second kappa shape index (κ2) is 5.92. The molecule has 1 aliphatic rings. The van der Waals surface area contributed by atoms with Gasteiger partial charge in [0.1, 0.15) is 12.2 Å². The molecule has 1 saturated heterocycles. The van der Waals surface area contributed by atoms with Crippen molar-refractivity contribution in [3.05, 3.63) is 0 Å². The van der Waals surface area contributed by atoms with E-state index in [4.69, 9.17) is 15.9 Å². The quantitative estimate of drug-likeness (QED) is 0.692. The van der Waals surface area contributed by atoms with Crippen LogP contribution in [0.2, 0.25) is 0 Å². The van der Waals surface area contributed by atoms with Crippen molar-refractivity contribution in [1.82, 2.24) is 4.90 Å². The predicted octanol–water partition coefficient (Wildman–Crippen LogP) is 2.04. The molecular formula is C13H21NO3. The van der Waals surface area contributed by atoms with Crippen molar-refractivity contribution in [2.75, 3.05) is 19.7 Å². The third-order valence-electron chi connectivity index (χ3n) is 2.43. The summed E-state index contributed by atoms with van der Waals surface area (Å²) in [4.78, 5) is 13.5. The molecule has 1 heterocycles. The van der Waals surface area contributed by atoms with Crippen molar-refractivity contribution in [1.29, 1.82) is 0 Å². The van der Waals surface area contributed by atoms with E-state index in [2.05, 4.69) is 5.92 Å². The molecule has 0 aromatic heterocycles. The third kappa shape index (κ3) is 5.10. The van der Waals surface area contributed by atoms with E-state index in [0.717, 1.165) is 19.4 Å². The van der Waals surface area contributed by atoms with Crippen LogP contribution in [0, 0.1) is 12.3 Å². The Morgan fingerprint density at radius 1 is 1.53 bits per heavy atom. The molecule has 0 unspecified atom stereocenters. The maximum Gasteiger partial charge on any atom is 0.410 e. The number of hydrogen-bond donors (Lipinski definition) is 0. The van der Waals surface area contributed by atoms with Gasteiger partial charge in [-0.05, 0) is 33.6 Å². The molecule has 0 aromatic rings. The van der Waals surface area contributed by atoms with Gasteiger partial charge in [0, 0.05) is 6.54 Å². The lowest BCUT2D eigenvalue weighted by atomic mass is 10.1. The molecule has 0 bridgehead atoms. The van der Waals surface area contributed by atoms with Gasteiger partial charge in [-0.15, -0.1) is 6.42 Å². The Hall–Kier alpha value is -1.21. The monoisotopic (exact) mass is 239 g/mol. The Balaban J connectivity index is 2.43. The zero-order chi connectivity index (χ0) is 12.9. The summed E-state index contributed by atoms with van der Waals surface area (Å²) in [5.74, 6) is 2.44. The lowest BCUT2D eigenvalue weighted by molar-refractivity contribution is -0.0124. The first-order valence-electron chi connectivity index (χ1n) is 5.95. The minimum absolute atomic E-state index is 0.0346. The van der Waals surface area contributed by atoms with E-state index in [1.165, 1.54) is 0 Å². The van der Waals surface area contributed by atoms with Crippen molar-refractivity contribution in [2.24, 2.45) is 0 Å². The molecule has 0 aromatic carbocycles. The number of nitrogens with zero attached hydrogens (tertiary/aromatic N) is 1. The van der Waals surface area contributed by atoms with E-state index in [1.807, 2.05) is 20.8 Å². The van der Waals surface area contributed by atoms with Crippen LogP contribution in [0.25, 0.3) is 0 Å². The fraction of sp³-hybridized carbons (Fsp3) is 0.769. The molecule has 17 heavy (non-hydrogen) atoms. The summed E-state index contributed by atoms with van der Waals surface area (Å²) in [5.41, 5.74) is -0.455. The van der Waals surface area contributed by atoms with Crippen molar-refractivity contribution in [3.8, 4) is 12.3 Å². The van der Waals surface area contributed by atoms with Crippen molar-refractivity contribution in [2.45, 2.75) is 45.3 Å². The molecule has 96 valence electrons. The predicted molar refractivity (Wildman–Crippen MR) is 65.6 cm³/mol. The molecule has 1 atom stereocenters. The van der Waals surface area contributed by atoms with Gasteiger partial charge in [0.25, 0.3) is 0 Å². The van der Waals surface area contributed by atoms with E-state index < -0.39 is 5.60 Å². The third-order valence-corrected chi connectivity index (χ3v) is 2.43. The Bertz CT molecular complexity index is 301. The van der Waals surface area contributed by atoms with Gasteiger partial charge < -0.3 is 14.4 Å². The highest BCUT2D eigenvalue weighted by Gasteiger charge is 2.27. The molecule has 1 fully saturated rings. The van der Waals surface area contributed by atoms with Gasteiger partial charge in [-0.1, -0.05) is 5.92 Å². The van der Waals surface area contributed by atoms with Crippen molar-refractivity contribution >= 4 is 6.09 Å². The molecule has 4 heteroatoms. The second-order valence-electron chi connectivity index (χ2n) is 5.21. The van der Waals surface area contributed by atoms with Gasteiger partial charge in [-0.2, -0.15) is 0 Å². The molecule has 1 aliphatic heterocycles. The standard InChI is InChI=1S/C13H21NO3/c1-5-9-16-11-7-6-8-14(10-11)12(15)17-13(2,3)4/h1,11H,6-10H2,2-4H3/t11-/m0/s1. The number of amides is 1.